The maximum absolute atomic E-state index is 13.3. The van der Waals surface area contributed by atoms with Crippen molar-refractivity contribution in [3.05, 3.63) is 101 Å². The molecule has 1 N–H and O–H groups in total. The number of hydrogen-bond acceptors (Lipinski definition) is 4. The molecule has 0 saturated heterocycles. The van der Waals surface area contributed by atoms with Gasteiger partial charge in [-0.1, -0.05) is 30.7 Å². The Kier molecular flexibility index (Phi) is 8.15. The molecule has 1 fully saturated rings. The highest BCUT2D eigenvalue weighted by Crippen LogP contribution is 2.56. The van der Waals surface area contributed by atoms with Crippen molar-refractivity contribution in [2.24, 2.45) is 0 Å². The number of carbonyl (C=O) groups excluding carboxylic acids is 1. The molecule has 1 heterocycles. The number of ether oxygens (including phenoxy) is 1. The number of hydrogen-bond donors (Lipinski definition) is 1. The minimum absolute atomic E-state index is 0.176. The lowest BCUT2D eigenvalue weighted by Crippen LogP contribution is -2.45. The molecule has 5 rings (SSSR count). The highest BCUT2D eigenvalue weighted by molar-refractivity contribution is 5.94. The Balaban J connectivity index is 1.43. The number of benzene rings is 3. The summed E-state index contributed by atoms with van der Waals surface area (Å²) in [5.74, 6) is 0.336. The van der Waals surface area contributed by atoms with Crippen LogP contribution in [0.2, 0.25) is 0 Å². The van der Waals surface area contributed by atoms with E-state index in [-0.39, 0.29) is 23.2 Å². The summed E-state index contributed by atoms with van der Waals surface area (Å²) in [7, 11) is 5.84. The van der Waals surface area contributed by atoms with Crippen molar-refractivity contribution in [2.45, 2.75) is 56.5 Å². The lowest BCUT2D eigenvalue weighted by molar-refractivity contribution is 0.0952. The Morgan fingerprint density at radius 3 is 2.55 bits per heavy atom. The van der Waals surface area contributed by atoms with Crippen LogP contribution in [0.15, 0.2) is 78.9 Å². The molecule has 1 amide bonds. The van der Waals surface area contributed by atoms with Crippen LogP contribution in [-0.4, -0.2) is 39.7 Å². The molecule has 1 aliphatic heterocycles. The van der Waals surface area contributed by atoms with Crippen molar-refractivity contribution >= 4 is 17.3 Å². The van der Waals surface area contributed by atoms with Crippen LogP contribution < -0.4 is 19.9 Å². The molecular weight excluding hydrogens is 501 g/mol. The Morgan fingerprint density at radius 2 is 1.85 bits per heavy atom. The third-order valence-corrected chi connectivity index (χ3v) is 8.72. The molecule has 1 unspecified atom stereocenters. The van der Waals surface area contributed by atoms with Gasteiger partial charge in [0.15, 0.2) is 0 Å². The summed E-state index contributed by atoms with van der Waals surface area (Å²) in [6.07, 6.45) is 6.09. The third-order valence-electron chi connectivity index (χ3n) is 8.72. The molecule has 6 heteroatoms. The summed E-state index contributed by atoms with van der Waals surface area (Å²) < 4.78 is 19.0. The molecule has 210 valence electrons. The summed E-state index contributed by atoms with van der Waals surface area (Å²) in [6.45, 7) is 6.06. The van der Waals surface area contributed by atoms with Crippen molar-refractivity contribution in [2.75, 3.05) is 37.5 Å². The summed E-state index contributed by atoms with van der Waals surface area (Å²) >= 11 is 0. The molecule has 2 atom stereocenters. The average Bonchev–Trinajstić information content (AvgIpc) is 3.10. The van der Waals surface area contributed by atoms with Crippen molar-refractivity contribution in [3.63, 3.8) is 0 Å². The van der Waals surface area contributed by atoms with E-state index in [0.717, 1.165) is 50.8 Å². The molecule has 1 saturated carbocycles. The number of anilines is 2. The molecule has 0 spiro atoms. The minimum atomic E-state index is -0.345. The first-order valence-electron chi connectivity index (χ1n) is 14.3. The summed E-state index contributed by atoms with van der Waals surface area (Å²) in [4.78, 5) is 17.4. The topological polar surface area (TPSA) is 44.8 Å². The SMILES string of the molecule is C=C1CCCC[C@@H]2N(Cc3ccc(N(C)C)cc3)c3ccc(OC)cc3C12CCCNC(=O)c1ccc(F)cc1. The number of halogens is 1. The second-order valence-corrected chi connectivity index (χ2v) is 11.3. The summed E-state index contributed by atoms with van der Waals surface area (Å²) in [6, 6.07) is 21.3. The molecule has 2 aliphatic rings. The van der Waals surface area contributed by atoms with E-state index in [4.69, 9.17) is 4.74 Å². The number of nitrogens with one attached hydrogen (secondary N) is 1. The smallest absolute Gasteiger partial charge is 0.251 e. The quantitative estimate of drug-likeness (QED) is 0.237. The van der Waals surface area contributed by atoms with Crippen LogP contribution in [0.5, 0.6) is 5.75 Å². The van der Waals surface area contributed by atoms with Gasteiger partial charge in [0.25, 0.3) is 5.91 Å². The predicted molar refractivity (Wildman–Crippen MR) is 161 cm³/mol. The largest absolute Gasteiger partial charge is 0.497 e. The fourth-order valence-corrected chi connectivity index (χ4v) is 6.63. The first-order valence-corrected chi connectivity index (χ1v) is 14.3. The lowest BCUT2D eigenvalue weighted by atomic mass is 9.67. The van der Waals surface area contributed by atoms with E-state index in [9.17, 15) is 9.18 Å². The van der Waals surface area contributed by atoms with E-state index in [1.54, 1.807) is 7.11 Å². The maximum atomic E-state index is 13.3. The molecule has 1 aliphatic carbocycles. The Hall–Kier alpha value is -3.80. The first kappa shape index (κ1) is 27.8. The molecule has 0 bridgehead atoms. The second kappa shape index (κ2) is 11.7. The van der Waals surface area contributed by atoms with Gasteiger partial charge >= 0.3 is 0 Å². The Bertz CT molecular complexity index is 1350. The van der Waals surface area contributed by atoms with Crippen molar-refractivity contribution < 1.29 is 13.9 Å². The van der Waals surface area contributed by atoms with Gasteiger partial charge in [-0.3, -0.25) is 4.79 Å². The van der Waals surface area contributed by atoms with Gasteiger partial charge in [-0.25, -0.2) is 4.39 Å². The minimum Gasteiger partial charge on any atom is -0.497 e. The van der Waals surface area contributed by atoms with E-state index in [2.05, 4.69) is 78.3 Å². The van der Waals surface area contributed by atoms with Crippen molar-refractivity contribution in [3.8, 4) is 5.75 Å². The van der Waals surface area contributed by atoms with Gasteiger partial charge in [-0.15, -0.1) is 0 Å². The number of amides is 1. The Morgan fingerprint density at radius 1 is 1.10 bits per heavy atom. The first-order chi connectivity index (χ1) is 19.3. The van der Waals surface area contributed by atoms with Gasteiger partial charge < -0.3 is 19.9 Å². The number of methoxy groups -OCH3 is 1. The van der Waals surface area contributed by atoms with Gasteiger partial charge in [0.2, 0.25) is 0 Å². The number of carbonyl (C=O) groups is 1. The number of rotatable bonds is 9. The van der Waals surface area contributed by atoms with E-state index >= 15 is 0 Å². The van der Waals surface area contributed by atoms with Crippen LogP contribution >= 0.6 is 0 Å². The normalized spacial score (nSPS) is 19.9. The van der Waals surface area contributed by atoms with Crippen LogP contribution in [-0.2, 0) is 12.0 Å². The van der Waals surface area contributed by atoms with Crippen LogP contribution in [0.3, 0.4) is 0 Å². The highest BCUT2D eigenvalue weighted by Gasteiger charge is 2.52. The highest BCUT2D eigenvalue weighted by atomic mass is 19.1. The van der Waals surface area contributed by atoms with Crippen LogP contribution in [0.1, 0.15) is 60.0 Å². The summed E-state index contributed by atoms with van der Waals surface area (Å²) in [5, 5.41) is 3.04. The standard InChI is InChI=1S/C34H40FN3O2/c1-24-8-5-6-9-32-34(24,20-7-21-36-33(39)26-12-14-27(35)15-13-26)30-22-29(40-4)18-19-31(30)38(32)23-25-10-16-28(17-11-25)37(2)3/h10-19,22,32H,1,5-9,20-21,23H2,2-4H3,(H,36,39)/t32-,34?/m0/s1. The molecular formula is C34H40FN3O2. The van der Waals surface area contributed by atoms with Gasteiger partial charge in [-0.2, -0.15) is 0 Å². The molecule has 0 radical (unpaired) electrons. The van der Waals surface area contributed by atoms with Gasteiger partial charge in [0, 0.05) is 55.6 Å². The van der Waals surface area contributed by atoms with Gasteiger partial charge in [0.05, 0.1) is 7.11 Å². The Labute approximate surface area is 237 Å². The monoisotopic (exact) mass is 541 g/mol. The van der Waals surface area contributed by atoms with Crippen LogP contribution in [0.25, 0.3) is 0 Å². The molecule has 0 aromatic heterocycles. The van der Waals surface area contributed by atoms with Crippen molar-refractivity contribution in [1.82, 2.24) is 5.32 Å². The second-order valence-electron chi connectivity index (χ2n) is 11.3. The maximum Gasteiger partial charge on any atom is 0.251 e. The number of fused-ring (bicyclic) bond motifs is 3. The predicted octanol–water partition coefficient (Wildman–Crippen LogP) is 6.87. The molecule has 3 aromatic carbocycles. The molecule has 3 aromatic rings. The molecule has 40 heavy (non-hydrogen) atoms. The average molecular weight is 542 g/mol. The fourth-order valence-electron chi connectivity index (χ4n) is 6.63. The summed E-state index contributed by atoms with van der Waals surface area (Å²) in [5.41, 5.74) is 6.54. The zero-order valence-corrected chi connectivity index (χ0v) is 23.9. The molecule has 5 nitrogen and oxygen atoms in total. The van der Waals surface area contributed by atoms with E-state index in [1.807, 2.05) is 0 Å². The fraction of sp³-hybridized carbons (Fsp3) is 0.382. The zero-order chi connectivity index (χ0) is 28.3. The van der Waals surface area contributed by atoms with Gasteiger partial charge in [0.1, 0.15) is 11.6 Å². The number of nitrogens with zero attached hydrogens (tertiary/aromatic N) is 2. The van der Waals surface area contributed by atoms with E-state index in [0.29, 0.717) is 12.1 Å². The van der Waals surface area contributed by atoms with Crippen LogP contribution in [0.4, 0.5) is 15.8 Å². The third kappa shape index (κ3) is 5.32. The van der Waals surface area contributed by atoms with Crippen LogP contribution in [0, 0.1) is 5.82 Å². The van der Waals surface area contributed by atoms with E-state index in [1.165, 1.54) is 52.3 Å². The van der Waals surface area contributed by atoms with E-state index < -0.39 is 0 Å². The van der Waals surface area contributed by atoms with Gasteiger partial charge in [-0.05, 0) is 97.8 Å². The van der Waals surface area contributed by atoms with Crippen molar-refractivity contribution in [1.29, 1.82) is 0 Å². The lowest BCUT2D eigenvalue weighted by Gasteiger charge is -2.40. The zero-order valence-electron chi connectivity index (χ0n) is 23.9.